The summed E-state index contributed by atoms with van der Waals surface area (Å²) >= 11 is 3.76. The van der Waals surface area contributed by atoms with Crippen LogP contribution in [0.1, 0.15) is 90.9 Å². The van der Waals surface area contributed by atoms with Crippen molar-refractivity contribution in [2.24, 2.45) is 5.92 Å². The lowest BCUT2D eigenvalue weighted by Crippen LogP contribution is -2.07. The standard InChI is InChI=1S/C21H27BS2.C9H16N2/c1-20(2,3)23-17-11-7-15(8-12-17)19(22)16-9-13-18(14-10-16)24-21(4,5)6;1-8(2)4-3-5-9-6-10-7-11-9/h7-14,19H,1-6H3;6-8H,3-5H2,1-2H3,(H,10,11). The maximum Gasteiger partial charge on any atom is 0.0921 e. The Labute approximate surface area is 224 Å². The zero-order valence-electron chi connectivity index (χ0n) is 22.9. The second-order valence-corrected chi connectivity index (χ2v) is 15.2. The molecular formula is C30H43BN2S2. The summed E-state index contributed by atoms with van der Waals surface area (Å²) in [5, 5.41) is 0. The molecule has 0 saturated heterocycles. The number of hydrogen-bond acceptors (Lipinski definition) is 3. The third-order valence-electron chi connectivity index (χ3n) is 5.11. The van der Waals surface area contributed by atoms with Gasteiger partial charge in [-0.3, -0.25) is 0 Å². The van der Waals surface area contributed by atoms with Crippen LogP contribution in [0.25, 0.3) is 0 Å². The van der Waals surface area contributed by atoms with Gasteiger partial charge in [0.15, 0.2) is 0 Å². The largest absolute Gasteiger partial charge is 0.348 e. The predicted octanol–water partition coefficient (Wildman–Crippen LogP) is 9.11. The normalized spacial score (nSPS) is 12.1. The molecule has 0 amide bonds. The minimum atomic E-state index is -0.0765. The molecule has 0 spiro atoms. The average molecular weight is 507 g/mol. The van der Waals surface area contributed by atoms with Gasteiger partial charge in [0, 0.05) is 31.2 Å². The Morgan fingerprint density at radius 2 is 1.26 bits per heavy atom. The first-order valence-corrected chi connectivity index (χ1v) is 14.3. The summed E-state index contributed by atoms with van der Waals surface area (Å²) in [6.07, 6.45) is 7.35. The number of hydrogen-bond donors (Lipinski definition) is 1. The van der Waals surface area contributed by atoms with E-state index in [1.165, 1.54) is 28.3 Å². The topological polar surface area (TPSA) is 28.7 Å². The first-order chi connectivity index (χ1) is 16.3. The number of thioether (sulfide) groups is 2. The number of aromatic amines is 1. The number of imidazole rings is 1. The Bertz CT molecular complexity index is 908. The van der Waals surface area contributed by atoms with E-state index in [0.29, 0.717) is 0 Å². The fourth-order valence-electron chi connectivity index (χ4n) is 3.51. The van der Waals surface area contributed by atoms with Crippen LogP contribution in [0.3, 0.4) is 0 Å². The Balaban J connectivity index is 0.000000328. The third kappa shape index (κ3) is 12.3. The van der Waals surface area contributed by atoms with Gasteiger partial charge in [0.05, 0.1) is 14.2 Å². The summed E-state index contributed by atoms with van der Waals surface area (Å²) < 4.78 is 0.453. The van der Waals surface area contributed by atoms with Crippen molar-refractivity contribution in [3.63, 3.8) is 0 Å². The molecule has 0 saturated carbocycles. The third-order valence-corrected chi connectivity index (χ3v) is 7.35. The van der Waals surface area contributed by atoms with Gasteiger partial charge in [0.25, 0.3) is 0 Å². The molecular weight excluding hydrogens is 463 g/mol. The van der Waals surface area contributed by atoms with Crippen LogP contribution in [0.4, 0.5) is 0 Å². The molecule has 2 radical (unpaired) electrons. The molecule has 0 aliphatic carbocycles. The van der Waals surface area contributed by atoms with Crippen molar-refractivity contribution in [3.8, 4) is 0 Å². The van der Waals surface area contributed by atoms with Gasteiger partial charge in [-0.25, -0.2) is 4.98 Å². The zero-order valence-corrected chi connectivity index (χ0v) is 24.5. The number of benzene rings is 2. The molecule has 0 aliphatic rings. The molecule has 2 aromatic carbocycles. The van der Waals surface area contributed by atoms with Crippen molar-refractivity contribution in [1.29, 1.82) is 0 Å². The smallest absolute Gasteiger partial charge is 0.0921 e. The van der Waals surface area contributed by atoms with Crippen LogP contribution in [-0.2, 0) is 6.42 Å². The highest BCUT2D eigenvalue weighted by molar-refractivity contribution is 8.00. The van der Waals surface area contributed by atoms with Crippen LogP contribution in [0, 0.1) is 5.92 Å². The van der Waals surface area contributed by atoms with Crippen molar-refractivity contribution < 1.29 is 0 Å². The average Bonchev–Trinajstić information content (AvgIpc) is 3.26. The quantitative estimate of drug-likeness (QED) is 0.244. The molecule has 0 aliphatic heterocycles. The highest BCUT2D eigenvalue weighted by Crippen LogP contribution is 2.34. The number of H-pyrrole nitrogens is 1. The molecule has 1 heterocycles. The monoisotopic (exact) mass is 506 g/mol. The lowest BCUT2D eigenvalue weighted by molar-refractivity contribution is 0.553. The first kappa shape index (κ1) is 29.6. The first-order valence-electron chi connectivity index (χ1n) is 12.6. The van der Waals surface area contributed by atoms with E-state index in [4.69, 9.17) is 7.85 Å². The molecule has 2 nitrogen and oxygen atoms in total. The van der Waals surface area contributed by atoms with E-state index < -0.39 is 0 Å². The van der Waals surface area contributed by atoms with E-state index in [1.54, 1.807) is 6.33 Å². The molecule has 0 atom stereocenters. The van der Waals surface area contributed by atoms with E-state index in [-0.39, 0.29) is 15.3 Å². The molecule has 1 aromatic heterocycles. The van der Waals surface area contributed by atoms with Gasteiger partial charge >= 0.3 is 0 Å². The van der Waals surface area contributed by atoms with Crippen molar-refractivity contribution in [2.75, 3.05) is 0 Å². The van der Waals surface area contributed by atoms with Gasteiger partial charge in [0.2, 0.25) is 0 Å². The van der Waals surface area contributed by atoms with E-state index in [2.05, 4.69) is 114 Å². The van der Waals surface area contributed by atoms with E-state index >= 15 is 0 Å². The summed E-state index contributed by atoms with van der Waals surface area (Å²) in [7, 11) is 6.46. The Kier molecular flexibility index (Phi) is 11.6. The van der Waals surface area contributed by atoms with Crippen molar-refractivity contribution in [2.45, 2.75) is 99.8 Å². The van der Waals surface area contributed by atoms with Crippen molar-refractivity contribution >= 4 is 31.4 Å². The molecule has 1 N–H and O–H groups in total. The fraction of sp³-hybridized carbons (Fsp3) is 0.500. The molecule has 35 heavy (non-hydrogen) atoms. The van der Waals surface area contributed by atoms with Gasteiger partial charge in [0.1, 0.15) is 0 Å². The van der Waals surface area contributed by atoms with Crippen LogP contribution >= 0.6 is 23.5 Å². The van der Waals surface area contributed by atoms with Crippen molar-refractivity contribution in [3.05, 3.63) is 77.9 Å². The minimum Gasteiger partial charge on any atom is -0.348 e. The van der Waals surface area contributed by atoms with E-state index in [9.17, 15) is 0 Å². The highest BCUT2D eigenvalue weighted by Gasteiger charge is 2.14. The number of rotatable bonds is 8. The maximum atomic E-state index is 6.46. The number of nitrogens with one attached hydrogen (secondary N) is 1. The number of aromatic nitrogens is 2. The lowest BCUT2D eigenvalue weighted by Gasteiger charge is -2.20. The molecule has 3 aromatic rings. The molecule has 3 rings (SSSR count). The van der Waals surface area contributed by atoms with Gasteiger partial charge in [-0.05, 0) is 60.0 Å². The van der Waals surface area contributed by atoms with E-state index in [0.717, 1.165) is 23.5 Å². The summed E-state index contributed by atoms with van der Waals surface area (Å²) in [5.41, 5.74) is 3.57. The maximum absolute atomic E-state index is 6.46. The van der Waals surface area contributed by atoms with Crippen LogP contribution in [0.15, 0.2) is 70.8 Å². The predicted molar refractivity (Wildman–Crippen MR) is 158 cm³/mol. The van der Waals surface area contributed by atoms with Gasteiger partial charge in [-0.1, -0.05) is 86.1 Å². The van der Waals surface area contributed by atoms with Gasteiger partial charge in [-0.15, -0.1) is 23.5 Å². The minimum absolute atomic E-state index is 0.0765. The van der Waals surface area contributed by atoms with Gasteiger partial charge < -0.3 is 4.98 Å². The lowest BCUT2D eigenvalue weighted by atomic mass is 9.76. The van der Waals surface area contributed by atoms with Crippen LogP contribution in [0.2, 0.25) is 0 Å². The van der Waals surface area contributed by atoms with E-state index in [1.807, 2.05) is 29.7 Å². The molecule has 0 bridgehead atoms. The summed E-state index contributed by atoms with van der Waals surface area (Å²) in [5.74, 6) is 0.741. The van der Waals surface area contributed by atoms with Gasteiger partial charge in [-0.2, -0.15) is 0 Å². The molecule has 188 valence electrons. The van der Waals surface area contributed by atoms with Crippen LogP contribution in [0.5, 0.6) is 0 Å². The highest BCUT2D eigenvalue weighted by atomic mass is 32.2. The zero-order chi connectivity index (χ0) is 26.1. The molecule has 0 fully saturated rings. The number of aryl methyl sites for hydroxylation is 1. The SMILES string of the molecule is CC(C)CCCc1cnc[nH]1.[B]C(c1ccc(SC(C)(C)C)cc1)c1ccc(SC(C)(C)C)cc1. The van der Waals surface area contributed by atoms with Crippen molar-refractivity contribution in [1.82, 2.24) is 9.97 Å². The summed E-state index contributed by atoms with van der Waals surface area (Å²) in [4.78, 5) is 9.64. The molecule has 5 heteroatoms. The number of nitrogens with zero attached hydrogens (tertiary/aromatic N) is 1. The summed E-state index contributed by atoms with van der Waals surface area (Å²) in [6, 6.07) is 17.3. The Hall–Kier alpha value is -1.59. The van der Waals surface area contributed by atoms with Crippen LogP contribution in [-0.4, -0.2) is 27.3 Å². The second-order valence-electron chi connectivity index (χ2n) is 11.4. The Morgan fingerprint density at radius 3 is 1.60 bits per heavy atom. The summed E-state index contributed by atoms with van der Waals surface area (Å²) in [6.45, 7) is 17.9. The fourth-order valence-corrected chi connectivity index (χ4v) is 5.47. The second kappa shape index (κ2) is 13.6. The van der Waals surface area contributed by atoms with Crippen LogP contribution < -0.4 is 0 Å². The molecule has 0 unspecified atom stereocenters. The Morgan fingerprint density at radius 1 is 0.800 bits per heavy atom.